The fourth-order valence-corrected chi connectivity index (χ4v) is 4.74. The monoisotopic (exact) mass is 432 g/mol. The van der Waals surface area contributed by atoms with E-state index in [0.717, 1.165) is 10.4 Å². The fraction of sp³-hybridized carbons (Fsp3) is 0.316. The minimum absolute atomic E-state index is 0.0473. The molecule has 9 nitrogen and oxygen atoms in total. The van der Waals surface area contributed by atoms with Crippen molar-refractivity contribution in [3.05, 3.63) is 53.6 Å². The number of sulfonamides is 1. The average molecular weight is 432 g/mol. The molecule has 1 saturated heterocycles. The van der Waals surface area contributed by atoms with Gasteiger partial charge in [0.05, 0.1) is 18.2 Å². The van der Waals surface area contributed by atoms with Gasteiger partial charge in [-0.3, -0.25) is 0 Å². The molecule has 156 valence electrons. The van der Waals surface area contributed by atoms with Crippen molar-refractivity contribution in [2.24, 2.45) is 0 Å². The molecule has 3 atom stereocenters. The molecular formula is C19H17FN4O5S. The molecule has 2 aromatic rings. The van der Waals surface area contributed by atoms with Crippen LogP contribution in [0.4, 0.5) is 4.39 Å². The molecule has 2 N–H and O–H groups in total. The lowest BCUT2D eigenvalue weighted by Crippen LogP contribution is -2.53. The average Bonchev–Trinajstić information content (AvgIpc) is 3.06. The Kier molecular flexibility index (Phi) is 5.74. The predicted molar refractivity (Wildman–Crippen MR) is 99.9 cm³/mol. The highest BCUT2D eigenvalue weighted by atomic mass is 32.2. The summed E-state index contributed by atoms with van der Waals surface area (Å²) in [6.07, 6.45) is -1.36. The summed E-state index contributed by atoms with van der Waals surface area (Å²) < 4.78 is 46.5. The lowest BCUT2D eigenvalue weighted by Gasteiger charge is -2.31. The Labute approximate surface area is 172 Å². The number of halogens is 1. The van der Waals surface area contributed by atoms with Crippen molar-refractivity contribution in [1.29, 1.82) is 10.5 Å². The standard InChI is InChI=1S/C19H17FN4O5S/c1-12(25)19(26)11-24(30(27,28)17-3-2-6-23-16(17)9-22)10-18(19)29-14-5-4-13(8-21)15(20)7-14/h2-7,12,18,25-26H,10-11H2,1H3/t12-,18-,19+/m0/s1. The number of nitrogens with zero attached hydrogens (tertiary/aromatic N) is 4. The van der Waals surface area contributed by atoms with Gasteiger partial charge in [0.25, 0.3) is 0 Å². The highest BCUT2D eigenvalue weighted by Gasteiger charge is 2.54. The van der Waals surface area contributed by atoms with E-state index in [4.69, 9.17) is 15.3 Å². The van der Waals surface area contributed by atoms with Crippen LogP contribution in [-0.2, 0) is 10.0 Å². The second kappa shape index (κ2) is 7.97. The summed E-state index contributed by atoms with van der Waals surface area (Å²) in [7, 11) is -4.25. The molecule has 0 radical (unpaired) electrons. The van der Waals surface area contributed by atoms with Gasteiger partial charge in [-0.25, -0.2) is 17.8 Å². The van der Waals surface area contributed by atoms with Gasteiger partial charge in [-0.2, -0.15) is 14.8 Å². The van der Waals surface area contributed by atoms with Gasteiger partial charge in [-0.1, -0.05) is 0 Å². The highest BCUT2D eigenvalue weighted by molar-refractivity contribution is 7.89. The van der Waals surface area contributed by atoms with E-state index in [1.165, 1.54) is 37.4 Å². The third-order valence-corrected chi connectivity index (χ3v) is 6.76. The Hall–Kier alpha value is -3.09. The van der Waals surface area contributed by atoms with Crippen molar-refractivity contribution in [3.63, 3.8) is 0 Å². The highest BCUT2D eigenvalue weighted by Crippen LogP contribution is 2.33. The number of nitriles is 2. The van der Waals surface area contributed by atoms with Crippen LogP contribution in [0.3, 0.4) is 0 Å². The van der Waals surface area contributed by atoms with Gasteiger partial charge in [0.2, 0.25) is 10.0 Å². The molecule has 30 heavy (non-hydrogen) atoms. The first-order valence-corrected chi connectivity index (χ1v) is 10.2. The number of β-amino-alcohol motifs (C(OH)–C–C–N with tert-alkyl or cyclic N) is 1. The number of pyridine rings is 1. The van der Waals surface area contributed by atoms with Gasteiger partial charge < -0.3 is 14.9 Å². The van der Waals surface area contributed by atoms with E-state index in [1.807, 2.05) is 0 Å². The van der Waals surface area contributed by atoms with E-state index >= 15 is 0 Å². The van der Waals surface area contributed by atoms with Gasteiger partial charge in [-0.05, 0) is 31.2 Å². The van der Waals surface area contributed by atoms with Crippen molar-refractivity contribution in [2.75, 3.05) is 13.1 Å². The molecule has 11 heteroatoms. The van der Waals surface area contributed by atoms with Gasteiger partial charge in [0, 0.05) is 18.8 Å². The Morgan fingerprint density at radius 1 is 1.37 bits per heavy atom. The van der Waals surface area contributed by atoms with Crippen LogP contribution in [0, 0.1) is 28.5 Å². The van der Waals surface area contributed by atoms with E-state index in [-0.39, 0.29) is 28.4 Å². The number of rotatable bonds is 5. The van der Waals surface area contributed by atoms with Gasteiger partial charge >= 0.3 is 0 Å². The topological polar surface area (TPSA) is 148 Å². The number of hydrogen-bond donors (Lipinski definition) is 2. The van der Waals surface area contributed by atoms with Gasteiger partial charge in [0.15, 0.2) is 5.69 Å². The Bertz CT molecular complexity index is 1160. The normalized spacial score (nSPS) is 22.8. The fourth-order valence-electron chi connectivity index (χ4n) is 3.16. The SMILES string of the molecule is C[C@H](O)[C@]1(O)CN(S(=O)(=O)c2cccnc2C#N)C[C@@H]1Oc1ccc(C#N)c(F)c1. The van der Waals surface area contributed by atoms with E-state index in [9.17, 15) is 23.0 Å². The lowest BCUT2D eigenvalue weighted by molar-refractivity contribution is -0.104. The Morgan fingerprint density at radius 3 is 2.70 bits per heavy atom. The van der Waals surface area contributed by atoms with Crippen LogP contribution in [0.2, 0.25) is 0 Å². The summed E-state index contributed by atoms with van der Waals surface area (Å²) in [5.74, 6) is -0.888. The van der Waals surface area contributed by atoms with Crippen LogP contribution < -0.4 is 4.74 Å². The zero-order valence-corrected chi connectivity index (χ0v) is 16.5. The van der Waals surface area contributed by atoms with E-state index in [2.05, 4.69) is 4.98 Å². The maximum Gasteiger partial charge on any atom is 0.246 e. The molecule has 0 unspecified atom stereocenters. The molecule has 0 spiro atoms. The molecule has 1 aromatic heterocycles. The third kappa shape index (κ3) is 3.72. The molecule has 1 aliphatic heterocycles. The van der Waals surface area contributed by atoms with E-state index in [0.29, 0.717) is 0 Å². The summed E-state index contributed by atoms with van der Waals surface area (Å²) in [5, 5.41) is 39.1. The van der Waals surface area contributed by atoms with Crippen molar-refractivity contribution < 1.29 is 27.8 Å². The molecule has 1 aliphatic rings. The van der Waals surface area contributed by atoms with Crippen molar-refractivity contribution in [2.45, 2.75) is 29.6 Å². The molecule has 2 heterocycles. The molecular weight excluding hydrogens is 415 g/mol. The molecule has 0 saturated carbocycles. The van der Waals surface area contributed by atoms with Gasteiger partial charge in [0.1, 0.15) is 40.3 Å². The first-order chi connectivity index (χ1) is 14.1. The molecule has 0 amide bonds. The summed E-state index contributed by atoms with van der Waals surface area (Å²) in [6, 6.07) is 9.37. The summed E-state index contributed by atoms with van der Waals surface area (Å²) in [6.45, 7) is 0.387. The van der Waals surface area contributed by atoms with Crippen LogP contribution in [0.25, 0.3) is 0 Å². The minimum atomic E-state index is -4.25. The lowest BCUT2D eigenvalue weighted by atomic mass is 9.94. The number of aliphatic hydroxyl groups is 2. The maximum absolute atomic E-state index is 13.9. The largest absolute Gasteiger partial charge is 0.486 e. The first kappa shape index (κ1) is 21.6. The number of benzene rings is 1. The number of aliphatic hydroxyl groups excluding tert-OH is 1. The van der Waals surface area contributed by atoms with Crippen LogP contribution in [-0.4, -0.2) is 58.8 Å². The molecule has 1 aromatic carbocycles. The molecule has 1 fully saturated rings. The number of ether oxygens (including phenoxy) is 1. The Morgan fingerprint density at radius 2 is 2.10 bits per heavy atom. The van der Waals surface area contributed by atoms with Gasteiger partial charge in [-0.15, -0.1) is 0 Å². The zero-order chi connectivity index (χ0) is 22.1. The second-order valence-corrected chi connectivity index (χ2v) is 8.69. The molecule has 3 rings (SSSR count). The predicted octanol–water partition coefficient (Wildman–Crippen LogP) is 0.528. The van der Waals surface area contributed by atoms with E-state index < -0.39 is 40.2 Å². The van der Waals surface area contributed by atoms with Crippen LogP contribution >= 0.6 is 0 Å². The molecule has 0 aliphatic carbocycles. The smallest absolute Gasteiger partial charge is 0.246 e. The number of aromatic nitrogens is 1. The third-order valence-electron chi connectivity index (χ3n) is 4.91. The first-order valence-electron chi connectivity index (χ1n) is 8.75. The number of hydrogen-bond acceptors (Lipinski definition) is 8. The van der Waals surface area contributed by atoms with E-state index in [1.54, 1.807) is 12.1 Å². The molecule has 0 bridgehead atoms. The van der Waals surface area contributed by atoms with Crippen LogP contribution in [0.1, 0.15) is 18.2 Å². The van der Waals surface area contributed by atoms with Crippen LogP contribution in [0.5, 0.6) is 5.75 Å². The van der Waals surface area contributed by atoms with Crippen molar-refractivity contribution in [1.82, 2.24) is 9.29 Å². The zero-order valence-electron chi connectivity index (χ0n) is 15.7. The van der Waals surface area contributed by atoms with Crippen molar-refractivity contribution >= 4 is 10.0 Å². The Balaban J connectivity index is 1.95. The summed E-state index contributed by atoms with van der Waals surface area (Å²) >= 11 is 0. The minimum Gasteiger partial charge on any atom is -0.486 e. The summed E-state index contributed by atoms with van der Waals surface area (Å²) in [5.41, 5.74) is -2.52. The van der Waals surface area contributed by atoms with Crippen LogP contribution in [0.15, 0.2) is 41.4 Å². The van der Waals surface area contributed by atoms with Crippen molar-refractivity contribution in [3.8, 4) is 17.9 Å². The summed E-state index contributed by atoms with van der Waals surface area (Å²) in [4.78, 5) is 3.40. The maximum atomic E-state index is 13.9. The quantitative estimate of drug-likeness (QED) is 0.695. The second-order valence-electron chi connectivity index (χ2n) is 6.79.